The van der Waals surface area contributed by atoms with Gasteiger partial charge in [-0.2, -0.15) is 0 Å². The van der Waals surface area contributed by atoms with E-state index in [2.05, 4.69) is 40.1 Å². The Labute approximate surface area is 210 Å². The molecule has 0 bridgehead atoms. The van der Waals surface area contributed by atoms with Crippen LogP contribution in [0, 0.1) is 19.8 Å². The molecule has 3 heterocycles. The molecule has 6 nitrogen and oxygen atoms in total. The number of thiophene rings is 1. The third kappa shape index (κ3) is 5.30. The van der Waals surface area contributed by atoms with Gasteiger partial charge in [0.2, 0.25) is 5.91 Å². The lowest BCUT2D eigenvalue weighted by atomic mass is 9.95. The zero-order valence-corrected chi connectivity index (χ0v) is 21.0. The molecule has 2 aromatic heterocycles. The Hall–Kier alpha value is -3.45. The average Bonchev–Trinajstić information content (AvgIpc) is 3.20. The highest BCUT2D eigenvalue weighted by Gasteiger charge is 2.27. The van der Waals surface area contributed by atoms with E-state index in [0.717, 1.165) is 58.8 Å². The van der Waals surface area contributed by atoms with E-state index < -0.39 is 0 Å². The van der Waals surface area contributed by atoms with Crippen LogP contribution in [0.5, 0.6) is 5.75 Å². The van der Waals surface area contributed by atoms with Gasteiger partial charge in [0.05, 0.1) is 5.39 Å². The quantitative estimate of drug-likeness (QED) is 0.378. The van der Waals surface area contributed by atoms with Gasteiger partial charge in [-0.3, -0.25) is 4.79 Å². The molecular weight excluding hydrogens is 456 g/mol. The summed E-state index contributed by atoms with van der Waals surface area (Å²) in [6.07, 6.45) is 3.31. The number of amides is 1. The fourth-order valence-electron chi connectivity index (χ4n) is 4.60. The Kier molecular flexibility index (Phi) is 6.95. The summed E-state index contributed by atoms with van der Waals surface area (Å²) in [5, 5.41) is 4.31. The van der Waals surface area contributed by atoms with E-state index in [0.29, 0.717) is 13.2 Å². The first kappa shape index (κ1) is 23.3. The molecule has 5 rings (SSSR count). The van der Waals surface area contributed by atoms with Crippen LogP contribution >= 0.6 is 11.3 Å². The predicted molar refractivity (Wildman–Crippen MR) is 141 cm³/mol. The summed E-state index contributed by atoms with van der Waals surface area (Å²) >= 11 is 1.72. The number of hydrogen-bond donors (Lipinski definition) is 1. The zero-order chi connectivity index (χ0) is 24.2. The predicted octanol–water partition coefficient (Wildman–Crippen LogP) is 5.42. The maximum absolute atomic E-state index is 12.9. The van der Waals surface area contributed by atoms with Gasteiger partial charge in [-0.1, -0.05) is 42.5 Å². The maximum atomic E-state index is 12.9. The first-order valence-electron chi connectivity index (χ1n) is 12.1. The minimum Gasteiger partial charge on any atom is -0.489 e. The van der Waals surface area contributed by atoms with Crippen LogP contribution in [0.25, 0.3) is 10.2 Å². The molecule has 1 N–H and O–H groups in total. The molecule has 35 heavy (non-hydrogen) atoms. The molecule has 4 aromatic rings. The highest BCUT2D eigenvalue weighted by molar-refractivity contribution is 7.18. The summed E-state index contributed by atoms with van der Waals surface area (Å²) in [5.74, 6) is 2.01. The number of carbonyl (C=O) groups is 1. The molecule has 7 heteroatoms. The Balaban J connectivity index is 1.14. The number of nitrogens with one attached hydrogen (secondary N) is 1. The lowest BCUT2D eigenvalue weighted by Gasteiger charge is -2.32. The second-order valence-electron chi connectivity index (χ2n) is 9.06. The Morgan fingerprint density at radius 1 is 1.06 bits per heavy atom. The van der Waals surface area contributed by atoms with E-state index in [4.69, 9.17) is 4.74 Å². The molecule has 0 saturated carbocycles. The Bertz CT molecular complexity index is 1310. The van der Waals surface area contributed by atoms with Crippen LogP contribution in [-0.4, -0.2) is 29.0 Å². The molecule has 0 atom stereocenters. The largest absolute Gasteiger partial charge is 0.489 e. The summed E-state index contributed by atoms with van der Waals surface area (Å²) in [7, 11) is 0. The number of aromatic nitrogens is 2. The normalized spacial score (nSPS) is 14.3. The Morgan fingerprint density at radius 3 is 2.63 bits per heavy atom. The average molecular weight is 487 g/mol. The van der Waals surface area contributed by atoms with Gasteiger partial charge in [0, 0.05) is 30.4 Å². The highest BCUT2D eigenvalue weighted by atomic mass is 32.1. The van der Waals surface area contributed by atoms with Crippen molar-refractivity contribution in [1.29, 1.82) is 0 Å². The monoisotopic (exact) mass is 486 g/mol. The zero-order valence-electron chi connectivity index (χ0n) is 20.2. The molecule has 0 radical (unpaired) electrons. The molecule has 1 saturated heterocycles. The number of piperidine rings is 1. The topological polar surface area (TPSA) is 67.4 Å². The van der Waals surface area contributed by atoms with Crippen LogP contribution in [0.3, 0.4) is 0 Å². The number of carbonyl (C=O) groups excluding carboxylic acids is 1. The third-order valence-corrected chi connectivity index (χ3v) is 7.83. The number of benzene rings is 2. The van der Waals surface area contributed by atoms with Crippen molar-refractivity contribution < 1.29 is 9.53 Å². The van der Waals surface area contributed by atoms with Gasteiger partial charge in [-0.05, 0) is 55.5 Å². The molecule has 1 amide bonds. The number of rotatable bonds is 7. The number of ether oxygens (including phenoxy) is 1. The van der Waals surface area contributed by atoms with Gasteiger partial charge >= 0.3 is 0 Å². The molecular formula is C28H30N4O2S. The van der Waals surface area contributed by atoms with Crippen LogP contribution in [0.2, 0.25) is 0 Å². The summed E-state index contributed by atoms with van der Waals surface area (Å²) in [5.41, 5.74) is 3.43. The van der Waals surface area contributed by atoms with Gasteiger partial charge in [0.25, 0.3) is 0 Å². The molecule has 180 valence electrons. The van der Waals surface area contributed by atoms with Crippen molar-refractivity contribution in [2.45, 2.75) is 39.8 Å². The second kappa shape index (κ2) is 10.4. The van der Waals surface area contributed by atoms with Crippen LogP contribution in [-0.2, 0) is 17.9 Å². The van der Waals surface area contributed by atoms with Crippen LogP contribution in [0.1, 0.15) is 34.4 Å². The van der Waals surface area contributed by atoms with Gasteiger partial charge in [-0.25, -0.2) is 9.97 Å². The first-order valence-corrected chi connectivity index (χ1v) is 12.9. The molecule has 0 spiro atoms. The summed E-state index contributed by atoms with van der Waals surface area (Å²) in [4.78, 5) is 26.6. The summed E-state index contributed by atoms with van der Waals surface area (Å²) < 4.78 is 5.85. The van der Waals surface area contributed by atoms with Gasteiger partial charge in [0.15, 0.2) is 0 Å². The lowest BCUT2D eigenvalue weighted by molar-refractivity contribution is -0.125. The van der Waals surface area contributed by atoms with E-state index in [-0.39, 0.29) is 11.8 Å². The molecule has 1 fully saturated rings. The number of anilines is 1. The van der Waals surface area contributed by atoms with E-state index in [9.17, 15) is 4.79 Å². The number of hydrogen-bond acceptors (Lipinski definition) is 6. The fourth-order valence-corrected chi connectivity index (χ4v) is 5.59. The summed E-state index contributed by atoms with van der Waals surface area (Å²) in [6.45, 7) is 6.95. The third-order valence-electron chi connectivity index (χ3n) is 6.72. The first-order chi connectivity index (χ1) is 17.1. The van der Waals surface area contributed by atoms with Gasteiger partial charge in [-0.15, -0.1) is 11.3 Å². The molecule has 1 aliphatic heterocycles. The van der Waals surface area contributed by atoms with E-state index in [1.54, 1.807) is 17.7 Å². The molecule has 2 aromatic carbocycles. The van der Waals surface area contributed by atoms with Gasteiger partial charge < -0.3 is 15.0 Å². The fraction of sp³-hybridized carbons (Fsp3) is 0.321. The van der Waals surface area contributed by atoms with Crippen molar-refractivity contribution >= 4 is 33.3 Å². The van der Waals surface area contributed by atoms with E-state index in [1.165, 1.54) is 10.4 Å². The van der Waals surface area contributed by atoms with Gasteiger partial charge in [0.1, 0.15) is 29.3 Å². The summed E-state index contributed by atoms with van der Waals surface area (Å²) in [6, 6.07) is 18.0. The van der Waals surface area contributed by atoms with Crippen molar-refractivity contribution in [3.05, 3.63) is 82.5 Å². The van der Waals surface area contributed by atoms with Crippen molar-refractivity contribution in [3.63, 3.8) is 0 Å². The van der Waals surface area contributed by atoms with E-state index in [1.807, 2.05) is 48.5 Å². The number of aryl methyl sites for hydroxylation is 2. The van der Waals surface area contributed by atoms with Crippen LogP contribution < -0.4 is 15.0 Å². The number of fused-ring (bicyclic) bond motifs is 1. The number of nitrogens with zero attached hydrogens (tertiary/aromatic N) is 3. The SMILES string of the molecule is Cc1sc2ncnc(N3CCC(C(=O)NCc4cccc(COc5ccccc5)c4)CC3)c2c1C. The van der Waals surface area contributed by atoms with Crippen LogP contribution in [0.15, 0.2) is 60.9 Å². The van der Waals surface area contributed by atoms with Crippen molar-refractivity contribution in [2.75, 3.05) is 18.0 Å². The van der Waals surface area contributed by atoms with Crippen molar-refractivity contribution in [1.82, 2.24) is 15.3 Å². The smallest absolute Gasteiger partial charge is 0.223 e. The molecule has 0 aliphatic carbocycles. The Morgan fingerprint density at radius 2 is 1.83 bits per heavy atom. The molecule has 1 aliphatic rings. The molecule has 0 unspecified atom stereocenters. The van der Waals surface area contributed by atoms with Crippen LogP contribution in [0.4, 0.5) is 5.82 Å². The lowest BCUT2D eigenvalue weighted by Crippen LogP contribution is -2.40. The number of para-hydroxylation sites is 1. The second-order valence-corrected chi connectivity index (χ2v) is 10.3. The maximum Gasteiger partial charge on any atom is 0.223 e. The standard InChI is InChI=1S/C28H30N4O2S/c1-19-20(2)35-28-25(19)26(30-18-31-28)32-13-11-23(12-14-32)27(33)29-16-21-7-6-8-22(15-21)17-34-24-9-4-3-5-10-24/h3-10,15,18,23H,11-14,16-17H2,1-2H3,(H,29,33). The minimum atomic E-state index is 0.0264. The highest BCUT2D eigenvalue weighted by Crippen LogP contribution is 2.35. The van der Waals surface area contributed by atoms with Crippen molar-refractivity contribution in [2.24, 2.45) is 5.92 Å². The van der Waals surface area contributed by atoms with Crippen molar-refractivity contribution in [3.8, 4) is 5.75 Å². The minimum absolute atomic E-state index is 0.0264. The van der Waals surface area contributed by atoms with E-state index >= 15 is 0 Å².